The Morgan fingerprint density at radius 1 is 1.08 bits per heavy atom. The molecule has 1 aromatic carbocycles. The Morgan fingerprint density at radius 2 is 1.73 bits per heavy atom. The molecule has 0 aliphatic heterocycles. The number of hydrogen-bond acceptors (Lipinski definition) is 4. The highest BCUT2D eigenvalue weighted by atomic mass is 19.4. The Morgan fingerprint density at radius 3 is 2.23 bits per heavy atom. The number of amides is 1. The summed E-state index contributed by atoms with van der Waals surface area (Å²) in [6, 6.07) is 10.1. The van der Waals surface area contributed by atoms with Crippen molar-refractivity contribution >= 4 is 17.7 Å². The van der Waals surface area contributed by atoms with Crippen LogP contribution in [0.1, 0.15) is 15.9 Å². The molecule has 0 saturated carbocycles. The van der Waals surface area contributed by atoms with Crippen molar-refractivity contribution in [1.82, 2.24) is 5.32 Å². The lowest BCUT2D eigenvalue weighted by Gasteiger charge is -2.30. The van der Waals surface area contributed by atoms with E-state index in [9.17, 15) is 22.8 Å². The highest BCUT2D eigenvalue weighted by molar-refractivity contribution is 5.99. The van der Waals surface area contributed by atoms with Gasteiger partial charge in [0.25, 0.3) is 11.7 Å². The lowest BCUT2D eigenvalue weighted by atomic mass is 10.1. The summed E-state index contributed by atoms with van der Waals surface area (Å²) in [4.78, 5) is 27.0. The monoisotopic (exact) mass is 368 g/mol. The molecule has 6 nitrogen and oxygen atoms in total. The van der Waals surface area contributed by atoms with Crippen molar-refractivity contribution in [2.24, 2.45) is 0 Å². The number of carbonyl (C=O) groups is 2. The SMILES string of the molecule is COC(=O)[C@](NC(=O)c1ccc(C)cc1)(Nc1cccc[nH+]1)C(F)(F)F. The Hall–Kier alpha value is -3.10. The van der Waals surface area contributed by atoms with E-state index in [1.54, 1.807) is 30.4 Å². The minimum atomic E-state index is -5.19. The van der Waals surface area contributed by atoms with Crippen molar-refractivity contribution in [3.8, 4) is 0 Å². The smallest absolute Gasteiger partial charge is 0.464 e. The lowest BCUT2D eigenvalue weighted by molar-refractivity contribution is -0.363. The molecule has 0 fully saturated rings. The summed E-state index contributed by atoms with van der Waals surface area (Å²) in [5, 5.41) is 3.74. The van der Waals surface area contributed by atoms with Gasteiger partial charge in [-0.25, -0.2) is 15.1 Å². The number of ether oxygens (including phenoxy) is 1. The second-order valence-corrected chi connectivity index (χ2v) is 5.46. The molecular formula is C17H17F3N3O3+. The second-order valence-electron chi connectivity index (χ2n) is 5.46. The van der Waals surface area contributed by atoms with Gasteiger partial charge in [0.2, 0.25) is 0 Å². The number of aryl methyl sites for hydroxylation is 1. The van der Waals surface area contributed by atoms with Crippen molar-refractivity contribution in [2.45, 2.75) is 18.8 Å². The largest absolute Gasteiger partial charge is 0.464 e. The Balaban J connectivity index is 2.46. The number of aromatic amines is 1. The normalized spacial score (nSPS) is 13.4. The Kier molecular flexibility index (Phi) is 5.49. The molecule has 0 aliphatic carbocycles. The van der Waals surface area contributed by atoms with Crippen LogP contribution in [0, 0.1) is 6.92 Å². The third-order valence-electron chi connectivity index (χ3n) is 3.56. The molecule has 0 radical (unpaired) electrons. The van der Waals surface area contributed by atoms with Gasteiger partial charge in [-0.1, -0.05) is 23.8 Å². The molecule has 138 valence electrons. The number of methoxy groups -OCH3 is 1. The van der Waals surface area contributed by atoms with Crippen LogP contribution in [0.15, 0.2) is 48.7 Å². The average Bonchev–Trinajstić information content (AvgIpc) is 2.60. The van der Waals surface area contributed by atoms with Gasteiger partial charge >= 0.3 is 17.8 Å². The summed E-state index contributed by atoms with van der Waals surface area (Å²) in [7, 11) is 0.803. The molecule has 9 heteroatoms. The summed E-state index contributed by atoms with van der Waals surface area (Å²) in [5.74, 6) is -2.93. The van der Waals surface area contributed by atoms with E-state index in [0.717, 1.165) is 12.7 Å². The Labute approximate surface area is 147 Å². The first kappa shape index (κ1) is 19.2. The fourth-order valence-electron chi connectivity index (χ4n) is 2.16. The highest BCUT2D eigenvalue weighted by Crippen LogP contribution is 2.32. The first-order valence-electron chi connectivity index (χ1n) is 7.49. The topological polar surface area (TPSA) is 81.6 Å². The molecule has 1 amide bonds. The van der Waals surface area contributed by atoms with Gasteiger partial charge in [-0.05, 0) is 25.1 Å². The molecule has 26 heavy (non-hydrogen) atoms. The number of halogens is 3. The summed E-state index contributed by atoms with van der Waals surface area (Å²) in [6.07, 6.45) is -3.83. The molecular weight excluding hydrogens is 351 g/mol. The molecule has 1 aromatic heterocycles. The van der Waals surface area contributed by atoms with Crippen molar-refractivity contribution in [3.05, 3.63) is 59.8 Å². The summed E-state index contributed by atoms with van der Waals surface area (Å²) in [6.45, 7) is 1.77. The van der Waals surface area contributed by atoms with E-state index in [-0.39, 0.29) is 11.4 Å². The maximum absolute atomic E-state index is 13.8. The molecule has 0 saturated heterocycles. The standard InChI is InChI=1S/C17H16F3N3O3/c1-11-6-8-12(9-7-11)14(24)23-16(15(25)26-2,17(18,19)20)22-13-5-3-4-10-21-13/h3-10H,1-2H3,(H,21,22)(H,23,24)/p+1/t16-/m1/s1. The predicted octanol–water partition coefficient (Wildman–Crippen LogP) is 2.08. The number of anilines is 1. The van der Waals surface area contributed by atoms with Crippen LogP contribution in [-0.4, -0.2) is 30.8 Å². The first-order chi connectivity index (χ1) is 12.2. The van der Waals surface area contributed by atoms with Crippen LogP contribution in [0.2, 0.25) is 0 Å². The zero-order chi connectivity index (χ0) is 19.4. The molecule has 1 heterocycles. The van der Waals surface area contributed by atoms with Crippen molar-refractivity contribution < 1.29 is 32.5 Å². The van der Waals surface area contributed by atoms with Crippen LogP contribution < -0.4 is 15.6 Å². The maximum atomic E-state index is 13.8. The molecule has 0 spiro atoms. The molecule has 2 rings (SSSR count). The lowest BCUT2D eigenvalue weighted by Crippen LogP contribution is -2.69. The van der Waals surface area contributed by atoms with Crippen LogP contribution >= 0.6 is 0 Å². The van der Waals surface area contributed by atoms with Gasteiger partial charge < -0.3 is 4.74 Å². The fourth-order valence-corrected chi connectivity index (χ4v) is 2.16. The molecule has 2 aromatic rings. The Bertz CT molecular complexity index is 779. The van der Waals surface area contributed by atoms with Crippen LogP contribution in [0.25, 0.3) is 0 Å². The summed E-state index contributed by atoms with van der Waals surface area (Å²) < 4.78 is 45.9. The van der Waals surface area contributed by atoms with Crippen LogP contribution in [0.5, 0.6) is 0 Å². The number of pyridine rings is 1. The number of carbonyl (C=O) groups excluding carboxylic acids is 2. The minimum Gasteiger partial charge on any atom is -0.464 e. The van der Waals surface area contributed by atoms with Gasteiger partial charge in [-0.15, -0.1) is 0 Å². The van der Waals surface area contributed by atoms with E-state index in [1.807, 2.05) is 5.32 Å². The average molecular weight is 368 g/mol. The number of H-pyrrole nitrogens is 1. The number of hydrogen-bond donors (Lipinski definition) is 2. The van der Waals surface area contributed by atoms with Gasteiger partial charge in [0, 0.05) is 11.6 Å². The molecule has 1 atom stereocenters. The second kappa shape index (κ2) is 7.42. The third kappa shape index (κ3) is 3.93. The van der Waals surface area contributed by atoms with Crippen molar-refractivity contribution in [2.75, 3.05) is 12.4 Å². The van der Waals surface area contributed by atoms with Crippen molar-refractivity contribution in [3.63, 3.8) is 0 Å². The molecule has 0 bridgehead atoms. The zero-order valence-electron chi connectivity index (χ0n) is 14.0. The number of rotatable bonds is 5. The zero-order valence-corrected chi connectivity index (χ0v) is 14.0. The first-order valence-corrected chi connectivity index (χ1v) is 7.49. The number of nitrogens with one attached hydrogen (secondary N) is 3. The maximum Gasteiger partial charge on any atom is 0.464 e. The predicted molar refractivity (Wildman–Crippen MR) is 86.1 cm³/mol. The van der Waals surface area contributed by atoms with E-state index >= 15 is 0 Å². The van der Waals surface area contributed by atoms with E-state index in [0.29, 0.717) is 0 Å². The molecule has 0 unspecified atom stereocenters. The van der Waals surface area contributed by atoms with Gasteiger partial charge in [-0.2, -0.15) is 13.2 Å². The third-order valence-corrected chi connectivity index (χ3v) is 3.56. The number of alkyl halides is 3. The highest BCUT2D eigenvalue weighted by Gasteiger charge is 2.67. The van der Waals surface area contributed by atoms with E-state index in [1.165, 1.54) is 30.5 Å². The van der Waals surface area contributed by atoms with Gasteiger partial charge in [0.05, 0.1) is 13.3 Å². The fraction of sp³-hybridized carbons (Fsp3) is 0.235. The minimum absolute atomic E-state index is 0.0352. The molecule has 0 aliphatic rings. The van der Waals surface area contributed by atoms with Crippen LogP contribution in [0.4, 0.5) is 19.0 Å². The van der Waals surface area contributed by atoms with E-state index < -0.39 is 23.7 Å². The summed E-state index contributed by atoms with van der Waals surface area (Å²) in [5.41, 5.74) is -2.68. The number of esters is 1. The van der Waals surface area contributed by atoms with E-state index in [4.69, 9.17) is 0 Å². The number of aromatic nitrogens is 1. The quantitative estimate of drug-likeness (QED) is 0.625. The number of benzene rings is 1. The van der Waals surface area contributed by atoms with Gasteiger partial charge in [0.1, 0.15) is 0 Å². The van der Waals surface area contributed by atoms with E-state index in [2.05, 4.69) is 9.72 Å². The van der Waals surface area contributed by atoms with Gasteiger partial charge in [-0.3, -0.25) is 10.1 Å². The van der Waals surface area contributed by atoms with Crippen molar-refractivity contribution in [1.29, 1.82) is 0 Å². The van der Waals surface area contributed by atoms with Crippen LogP contribution in [0.3, 0.4) is 0 Å². The van der Waals surface area contributed by atoms with Gasteiger partial charge in [0.15, 0.2) is 0 Å². The van der Waals surface area contributed by atoms with Crippen LogP contribution in [-0.2, 0) is 9.53 Å². The summed E-state index contributed by atoms with van der Waals surface area (Å²) >= 11 is 0. The molecule has 3 N–H and O–H groups in total.